The highest BCUT2D eigenvalue weighted by Crippen LogP contribution is 2.13. The van der Waals surface area contributed by atoms with E-state index in [0.29, 0.717) is 37.6 Å². The van der Waals surface area contributed by atoms with Gasteiger partial charge in [-0.25, -0.2) is 0 Å². The fraction of sp³-hybridized carbons (Fsp3) is 0.526. The highest BCUT2D eigenvalue weighted by molar-refractivity contribution is 5.93. The Hall–Kier alpha value is -2.45. The summed E-state index contributed by atoms with van der Waals surface area (Å²) in [6, 6.07) is 6.88. The Morgan fingerprint density at radius 1 is 1.15 bits per heavy atom. The predicted molar refractivity (Wildman–Crippen MR) is 103 cm³/mol. The number of likely N-dealkylation sites (N-methyl/N-ethyl adjacent to an activating group) is 1. The van der Waals surface area contributed by atoms with Crippen molar-refractivity contribution in [2.24, 2.45) is 0 Å². The topological polar surface area (TPSA) is 91.0 Å². The largest absolute Gasteiger partial charge is 0.375 e. The molecule has 1 aliphatic heterocycles. The second-order valence-electron chi connectivity index (χ2n) is 6.63. The third-order valence-electron chi connectivity index (χ3n) is 4.26. The van der Waals surface area contributed by atoms with Gasteiger partial charge in [-0.05, 0) is 37.7 Å². The molecule has 3 amide bonds. The Balaban J connectivity index is 1.83. The van der Waals surface area contributed by atoms with E-state index < -0.39 is 0 Å². The maximum atomic E-state index is 12.4. The second kappa shape index (κ2) is 10.0. The van der Waals surface area contributed by atoms with Crippen LogP contribution in [0.5, 0.6) is 0 Å². The summed E-state index contributed by atoms with van der Waals surface area (Å²) in [5, 5.41) is 5.48. The Morgan fingerprint density at radius 2 is 1.78 bits per heavy atom. The summed E-state index contributed by atoms with van der Waals surface area (Å²) in [6.45, 7) is 7.97. The maximum Gasteiger partial charge on any atom is 0.238 e. The summed E-state index contributed by atoms with van der Waals surface area (Å²) in [4.78, 5) is 39.4. The van der Waals surface area contributed by atoms with E-state index in [0.717, 1.165) is 0 Å². The number of anilines is 2. The lowest BCUT2D eigenvalue weighted by Gasteiger charge is -2.32. The van der Waals surface area contributed by atoms with Crippen LogP contribution >= 0.6 is 0 Å². The van der Waals surface area contributed by atoms with Crippen molar-refractivity contribution in [1.29, 1.82) is 0 Å². The number of hydrogen-bond acceptors (Lipinski definition) is 5. The molecule has 0 bridgehead atoms. The van der Waals surface area contributed by atoms with E-state index in [4.69, 9.17) is 4.74 Å². The van der Waals surface area contributed by atoms with Gasteiger partial charge in [-0.15, -0.1) is 0 Å². The first-order valence-electron chi connectivity index (χ1n) is 9.16. The molecule has 0 unspecified atom stereocenters. The first kappa shape index (κ1) is 20.9. The molecule has 8 nitrogen and oxygen atoms in total. The second-order valence-corrected chi connectivity index (χ2v) is 6.63. The summed E-state index contributed by atoms with van der Waals surface area (Å²) in [5.41, 5.74) is 1.31. The van der Waals surface area contributed by atoms with Gasteiger partial charge < -0.3 is 20.3 Å². The zero-order valence-corrected chi connectivity index (χ0v) is 16.2. The van der Waals surface area contributed by atoms with Gasteiger partial charge in [0, 0.05) is 31.4 Å². The molecule has 0 aliphatic carbocycles. The minimum atomic E-state index is -0.188. The molecule has 8 heteroatoms. The summed E-state index contributed by atoms with van der Waals surface area (Å²) in [5.74, 6) is -0.323. The first-order valence-corrected chi connectivity index (χ1v) is 9.16. The van der Waals surface area contributed by atoms with Crippen LogP contribution in [-0.2, 0) is 19.1 Å². The number of carbonyl (C=O) groups excluding carboxylic acids is 3. The average molecular weight is 376 g/mol. The molecule has 1 heterocycles. The molecule has 2 N–H and O–H groups in total. The summed E-state index contributed by atoms with van der Waals surface area (Å²) >= 11 is 0. The summed E-state index contributed by atoms with van der Waals surface area (Å²) in [6.07, 6.45) is 0.0431. The molecule has 2 rings (SSSR count). The number of morpholine rings is 1. The minimum Gasteiger partial charge on any atom is -0.375 e. The molecule has 1 aromatic carbocycles. The number of benzene rings is 1. The summed E-state index contributed by atoms with van der Waals surface area (Å²) < 4.78 is 5.46. The Labute approximate surface area is 159 Å². The Bertz CT molecular complexity index is 662. The van der Waals surface area contributed by atoms with Gasteiger partial charge in [-0.1, -0.05) is 6.92 Å². The zero-order chi connectivity index (χ0) is 19.8. The van der Waals surface area contributed by atoms with Crippen molar-refractivity contribution in [3.05, 3.63) is 24.3 Å². The van der Waals surface area contributed by atoms with Gasteiger partial charge in [0.2, 0.25) is 17.7 Å². The lowest BCUT2D eigenvalue weighted by atomic mass is 10.2. The van der Waals surface area contributed by atoms with Crippen LogP contribution in [-0.4, -0.2) is 73.0 Å². The normalized spacial score (nSPS) is 16.9. The van der Waals surface area contributed by atoms with Gasteiger partial charge in [-0.2, -0.15) is 0 Å². The molecule has 0 radical (unpaired) electrons. The molecule has 1 aliphatic rings. The predicted octanol–water partition coefficient (Wildman–Crippen LogP) is 1.15. The smallest absolute Gasteiger partial charge is 0.238 e. The first-order chi connectivity index (χ1) is 12.9. The average Bonchev–Trinajstić information content (AvgIpc) is 2.62. The number of nitrogens with zero attached hydrogens (tertiary/aromatic N) is 2. The van der Waals surface area contributed by atoms with E-state index in [1.54, 1.807) is 29.2 Å². The molecule has 1 atom stereocenters. The van der Waals surface area contributed by atoms with E-state index >= 15 is 0 Å². The molecule has 27 heavy (non-hydrogen) atoms. The molecule has 1 aromatic rings. The van der Waals surface area contributed by atoms with Crippen molar-refractivity contribution in [3.8, 4) is 0 Å². The van der Waals surface area contributed by atoms with Crippen LogP contribution in [0.25, 0.3) is 0 Å². The van der Waals surface area contributed by atoms with Crippen molar-refractivity contribution >= 4 is 29.1 Å². The van der Waals surface area contributed by atoms with E-state index in [1.807, 2.05) is 18.7 Å². The van der Waals surface area contributed by atoms with Crippen LogP contribution in [0, 0.1) is 0 Å². The number of nitrogens with one attached hydrogen (secondary N) is 2. The number of hydrogen-bond donors (Lipinski definition) is 2. The van der Waals surface area contributed by atoms with Crippen LogP contribution in [0.2, 0.25) is 0 Å². The van der Waals surface area contributed by atoms with E-state index in [1.165, 1.54) is 6.92 Å². The van der Waals surface area contributed by atoms with Crippen molar-refractivity contribution in [2.45, 2.75) is 26.9 Å². The van der Waals surface area contributed by atoms with Crippen LogP contribution in [0.1, 0.15) is 20.8 Å². The number of rotatable bonds is 7. The van der Waals surface area contributed by atoms with Gasteiger partial charge in [0.1, 0.15) is 0 Å². The molecular formula is C19H28N4O4. The third kappa shape index (κ3) is 6.99. The fourth-order valence-electron chi connectivity index (χ4n) is 2.86. The van der Waals surface area contributed by atoms with Crippen molar-refractivity contribution in [3.63, 3.8) is 0 Å². The Kier molecular flexibility index (Phi) is 7.75. The zero-order valence-electron chi connectivity index (χ0n) is 16.2. The van der Waals surface area contributed by atoms with Gasteiger partial charge in [0.25, 0.3) is 0 Å². The number of carbonyl (C=O) groups is 3. The highest BCUT2D eigenvalue weighted by Gasteiger charge is 2.23. The van der Waals surface area contributed by atoms with E-state index in [-0.39, 0.29) is 36.9 Å². The molecule has 0 saturated carbocycles. The van der Waals surface area contributed by atoms with Gasteiger partial charge in [0.05, 0.1) is 25.8 Å². The SMILES string of the molecule is CCN(CC(=O)Nc1ccc(NC(C)=O)cc1)CC(=O)N1CCO[C@@H](C)C1. The summed E-state index contributed by atoms with van der Waals surface area (Å²) in [7, 11) is 0. The maximum absolute atomic E-state index is 12.4. The van der Waals surface area contributed by atoms with E-state index in [9.17, 15) is 14.4 Å². The molecule has 0 spiro atoms. The molecule has 0 aromatic heterocycles. The van der Waals surface area contributed by atoms with Crippen molar-refractivity contribution in [1.82, 2.24) is 9.80 Å². The lowest BCUT2D eigenvalue weighted by molar-refractivity contribution is -0.139. The molecule has 148 valence electrons. The van der Waals surface area contributed by atoms with Crippen LogP contribution in [0.15, 0.2) is 24.3 Å². The van der Waals surface area contributed by atoms with Crippen molar-refractivity contribution < 1.29 is 19.1 Å². The standard InChI is InChI=1S/C19H28N4O4/c1-4-22(13-19(26)23-9-10-27-14(2)11-23)12-18(25)21-17-7-5-16(6-8-17)20-15(3)24/h5-8,14H,4,9-13H2,1-3H3,(H,20,24)(H,21,25)/t14-/m0/s1. The van der Waals surface area contributed by atoms with Crippen molar-refractivity contribution in [2.75, 3.05) is 50.0 Å². The van der Waals surface area contributed by atoms with Gasteiger partial charge >= 0.3 is 0 Å². The lowest BCUT2D eigenvalue weighted by Crippen LogP contribution is -2.49. The third-order valence-corrected chi connectivity index (χ3v) is 4.26. The van der Waals surface area contributed by atoms with E-state index in [2.05, 4.69) is 10.6 Å². The van der Waals surface area contributed by atoms with Crippen LogP contribution in [0.3, 0.4) is 0 Å². The quantitative estimate of drug-likeness (QED) is 0.745. The van der Waals surface area contributed by atoms with Gasteiger partial charge in [-0.3, -0.25) is 19.3 Å². The molecule has 1 fully saturated rings. The van der Waals surface area contributed by atoms with Gasteiger partial charge in [0.15, 0.2) is 0 Å². The van der Waals surface area contributed by atoms with Crippen LogP contribution < -0.4 is 10.6 Å². The monoisotopic (exact) mass is 376 g/mol. The minimum absolute atomic E-state index is 0.0134. The number of ether oxygens (including phenoxy) is 1. The van der Waals surface area contributed by atoms with Crippen LogP contribution in [0.4, 0.5) is 11.4 Å². The molecular weight excluding hydrogens is 348 g/mol. The molecule has 1 saturated heterocycles. The Morgan fingerprint density at radius 3 is 2.33 bits per heavy atom. The fourth-order valence-corrected chi connectivity index (χ4v) is 2.86. The highest BCUT2D eigenvalue weighted by atomic mass is 16.5. The number of amides is 3.